The maximum absolute atomic E-state index is 12.0. The van der Waals surface area contributed by atoms with Crippen molar-refractivity contribution < 1.29 is 14.3 Å². The molecule has 0 aromatic carbocycles. The van der Waals surface area contributed by atoms with Crippen LogP contribution in [0, 0.1) is 5.92 Å². The van der Waals surface area contributed by atoms with Crippen LogP contribution in [0.5, 0.6) is 0 Å². The number of amides is 1. The lowest BCUT2D eigenvalue weighted by Gasteiger charge is -2.28. The number of hydrogen-bond donors (Lipinski definition) is 0. The minimum atomic E-state index is -0.400. The standard InChI is InChI=1S/C14H25NO3S/c1-5-6-7-18-14(17)12-9-19-13(8-10(2)3)15(12)11(4)16/h10,12-13H,5-9H2,1-4H3. The van der Waals surface area contributed by atoms with Crippen molar-refractivity contribution in [2.24, 2.45) is 5.92 Å². The Morgan fingerprint density at radius 3 is 2.63 bits per heavy atom. The van der Waals surface area contributed by atoms with Gasteiger partial charge in [-0.15, -0.1) is 11.8 Å². The third-order valence-corrected chi connectivity index (χ3v) is 4.46. The molecule has 1 fully saturated rings. The van der Waals surface area contributed by atoms with Crippen LogP contribution in [-0.4, -0.2) is 40.6 Å². The van der Waals surface area contributed by atoms with Gasteiger partial charge >= 0.3 is 5.97 Å². The molecule has 2 unspecified atom stereocenters. The Bertz CT molecular complexity index is 320. The topological polar surface area (TPSA) is 46.6 Å². The Morgan fingerprint density at radius 2 is 2.11 bits per heavy atom. The van der Waals surface area contributed by atoms with Crippen molar-refractivity contribution in [3.63, 3.8) is 0 Å². The average molecular weight is 287 g/mol. The number of carbonyl (C=O) groups is 2. The molecule has 1 rings (SSSR count). The maximum atomic E-state index is 12.0. The molecule has 1 heterocycles. The number of nitrogens with zero attached hydrogens (tertiary/aromatic N) is 1. The van der Waals surface area contributed by atoms with Gasteiger partial charge in [-0.05, 0) is 18.8 Å². The molecule has 4 nitrogen and oxygen atoms in total. The fraction of sp³-hybridized carbons (Fsp3) is 0.857. The predicted octanol–water partition coefficient (Wildman–Crippen LogP) is 2.67. The van der Waals surface area contributed by atoms with Crippen LogP contribution in [0.2, 0.25) is 0 Å². The van der Waals surface area contributed by atoms with Gasteiger partial charge in [-0.25, -0.2) is 4.79 Å². The molecular weight excluding hydrogens is 262 g/mol. The van der Waals surface area contributed by atoms with E-state index in [1.165, 1.54) is 6.92 Å². The van der Waals surface area contributed by atoms with E-state index < -0.39 is 6.04 Å². The van der Waals surface area contributed by atoms with Crippen molar-refractivity contribution in [2.75, 3.05) is 12.4 Å². The van der Waals surface area contributed by atoms with E-state index in [9.17, 15) is 9.59 Å². The number of hydrogen-bond acceptors (Lipinski definition) is 4. The van der Waals surface area contributed by atoms with Crippen LogP contribution in [0.3, 0.4) is 0 Å². The molecule has 110 valence electrons. The normalized spacial score (nSPS) is 22.9. The predicted molar refractivity (Wildman–Crippen MR) is 77.9 cm³/mol. The molecule has 1 saturated heterocycles. The van der Waals surface area contributed by atoms with Gasteiger partial charge in [-0.2, -0.15) is 0 Å². The smallest absolute Gasteiger partial charge is 0.329 e. The molecule has 2 atom stereocenters. The molecule has 0 bridgehead atoms. The monoisotopic (exact) mass is 287 g/mol. The van der Waals surface area contributed by atoms with E-state index in [1.807, 2.05) is 0 Å². The molecule has 5 heteroatoms. The molecule has 0 aromatic heterocycles. The molecule has 0 spiro atoms. The summed E-state index contributed by atoms with van der Waals surface area (Å²) in [4.78, 5) is 25.5. The Balaban J connectivity index is 2.62. The van der Waals surface area contributed by atoms with Crippen LogP contribution >= 0.6 is 11.8 Å². The summed E-state index contributed by atoms with van der Waals surface area (Å²) >= 11 is 1.69. The number of ether oxygens (including phenoxy) is 1. The average Bonchev–Trinajstić information content (AvgIpc) is 2.72. The second-order valence-corrected chi connectivity index (χ2v) is 6.59. The van der Waals surface area contributed by atoms with Crippen molar-refractivity contribution in [1.29, 1.82) is 0 Å². The Labute approximate surface area is 120 Å². The van der Waals surface area contributed by atoms with Gasteiger partial charge in [-0.3, -0.25) is 4.79 Å². The quantitative estimate of drug-likeness (QED) is 0.556. The van der Waals surface area contributed by atoms with E-state index in [2.05, 4.69) is 20.8 Å². The molecule has 0 radical (unpaired) electrons. The van der Waals surface area contributed by atoms with Crippen LogP contribution in [0.25, 0.3) is 0 Å². The van der Waals surface area contributed by atoms with Gasteiger partial charge in [0, 0.05) is 12.7 Å². The van der Waals surface area contributed by atoms with Crippen molar-refractivity contribution in [3.05, 3.63) is 0 Å². The first-order chi connectivity index (χ1) is 8.97. The van der Waals surface area contributed by atoms with Crippen molar-refractivity contribution in [3.8, 4) is 0 Å². The molecule has 1 aliphatic heterocycles. The third kappa shape index (κ3) is 4.71. The van der Waals surface area contributed by atoms with Crippen molar-refractivity contribution in [1.82, 2.24) is 4.90 Å². The zero-order valence-electron chi connectivity index (χ0n) is 12.3. The van der Waals surface area contributed by atoms with Crippen molar-refractivity contribution >= 4 is 23.6 Å². The fourth-order valence-corrected chi connectivity index (χ4v) is 3.84. The van der Waals surface area contributed by atoms with Gasteiger partial charge in [0.05, 0.1) is 12.0 Å². The highest BCUT2D eigenvalue weighted by atomic mass is 32.2. The SMILES string of the molecule is CCCCOC(=O)C1CSC(CC(C)C)N1C(C)=O. The second kappa shape index (κ2) is 7.78. The van der Waals surface area contributed by atoms with Gasteiger partial charge in [0.2, 0.25) is 5.91 Å². The summed E-state index contributed by atoms with van der Waals surface area (Å²) in [5.41, 5.74) is 0. The largest absolute Gasteiger partial charge is 0.464 e. The van der Waals surface area contributed by atoms with Crippen LogP contribution in [0.4, 0.5) is 0 Å². The van der Waals surface area contributed by atoms with E-state index in [0.717, 1.165) is 19.3 Å². The number of unbranched alkanes of at least 4 members (excludes halogenated alkanes) is 1. The highest BCUT2D eigenvalue weighted by molar-refractivity contribution is 8.00. The minimum absolute atomic E-state index is 0.0342. The zero-order valence-corrected chi connectivity index (χ0v) is 13.2. The molecule has 1 amide bonds. The summed E-state index contributed by atoms with van der Waals surface area (Å²) in [7, 11) is 0. The maximum Gasteiger partial charge on any atom is 0.329 e. The summed E-state index contributed by atoms with van der Waals surface area (Å²) in [6.45, 7) is 8.31. The summed E-state index contributed by atoms with van der Waals surface area (Å²) < 4.78 is 5.25. The van der Waals surface area contributed by atoms with Gasteiger partial charge in [-0.1, -0.05) is 27.2 Å². The number of rotatable bonds is 6. The van der Waals surface area contributed by atoms with E-state index >= 15 is 0 Å². The highest BCUT2D eigenvalue weighted by Crippen LogP contribution is 2.33. The first-order valence-corrected chi connectivity index (χ1v) is 8.09. The molecule has 19 heavy (non-hydrogen) atoms. The molecular formula is C14H25NO3S. The Kier molecular flexibility index (Phi) is 6.69. The van der Waals surface area contributed by atoms with Crippen LogP contribution in [0.15, 0.2) is 0 Å². The summed E-state index contributed by atoms with van der Waals surface area (Å²) in [6.07, 6.45) is 2.79. The van der Waals surface area contributed by atoms with Crippen molar-refractivity contribution in [2.45, 2.75) is 58.4 Å². The Morgan fingerprint density at radius 1 is 1.42 bits per heavy atom. The summed E-state index contributed by atoms with van der Waals surface area (Å²) in [5, 5.41) is 0.112. The number of thioether (sulfide) groups is 1. The lowest BCUT2D eigenvalue weighted by molar-refractivity contribution is -0.153. The highest BCUT2D eigenvalue weighted by Gasteiger charge is 2.41. The van der Waals surface area contributed by atoms with Crippen LogP contribution in [-0.2, 0) is 14.3 Å². The molecule has 0 saturated carbocycles. The Hall–Kier alpha value is -0.710. The first-order valence-electron chi connectivity index (χ1n) is 7.04. The van der Waals surface area contributed by atoms with E-state index in [1.54, 1.807) is 16.7 Å². The summed E-state index contributed by atoms with van der Waals surface area (Å²) in [5.74, 6) is 0.881. The van der Waals surface area contributed by atoms with Crippen LogP contribution in [0.1, 0.15) is 47.0 Å². The van der Waals surface area contributed by atoms with Gasteiger partial charge in [0.25, 0.3) is 0 Å². The molecule has 0 aromatic rings. The fourth-order valence-electron chi connectivity index (χ4n) is 2.17. The minimum Gasteiger partial charge on any atom is -0.464 e. The molecule has 0 aliphatic carbocycles. The zero-order chi connectivity index (χ0) is 14.4. The number of carbonyl (C=O) groups excluding carboxylic acids is 2. The third-order valence-electron chi connectivity index (χ3n) is 3.14. The molecule has 0 N–H and O–H groups in total. The lowest BCUT2D eigenvalue weighted by atomic mass is 10.1. The van der Waals surface area contributed by atoms with E-state index in [0.29, 0.717) is 18.3 Å². The summed E-state index contributed by atoms with van der Waals surface area (Å²) in [6, 6.07) is -0.400. The first kappa shape index (κ1) is 16.3. The number of esters is 1. The van der Waals surface area contributed by atoms with Gasteiger partial charge in [0.1, 0.15) is 6.04 Å². The van der Waals surface area contributed by atoms with Gasteiger partial charge in [0.15, 0.2) is 0 Å². The lowest BCUT2D eigenvalue weighted by Crippen LogP contribution is -2.45. The molecule has 1 aliphatic rings. The van der Waals surface area contributed by atoms with Gasteiger partial charge < -0.3 is 9.64 Å². The second-order valence-electron chi connectivity index (χ2n) is 5.38. The van der Waals surface area contributed by atoms with Crippen LogP contribution < -0.4 is 0 Å². The van der Waals surface area contributed by atoms with E-state index in [4.69, 9.17) is 4.74 Å². The van der Waals surface area contributed by atoms with E-state index in [-0.39, 0.29) is 17.3 Å².